The van der Waals surface area contributed by atoms with Gasteiger partial charge in [-0.1, -0.05) is 53.2 Å². The number of benzene rings is 2. The molecule has 0 aliphatic heterocycles. The van der Waals surface area contributed by atoms with Gasteiger partial charge in [0.2, 0.25) is 5.91 Å². The van der Waals surface area contributed by atoms with E-state index in [-0.39, 0.29) is 17.8 Å². The SMILES string of the molecule is CCn1c(SCC(=O)NCc2ccc(Cl)cc2)nnc1C(C)Oc1ccc(C)cc1. The number of rotatable bonds is 9. The van der Waals surface area contributed by atoms with Crippen molar-refractivity contribution >= 4 is 29.3 Å². The van der Waals surface area contributed by atoms with Gasteiger partial charge in [-0.05, 0) is 50.6 Å². The molecule has 1 unspecified atom stereocenters. The van der Waals surface area contributed by atoms with Crippen LogP contribution in [-0.4, -0.2) is 26.4 Å². The fourth-order valence-electron chi connectivity index (χ4n) is 2.86. The Balaban J connectivity index is 1.56. The highest BCUT2D eigenvalue weighted by molar-refractivity contribution is 7.99. The second-order valence-electron chi connectivity index (χ2n) is 6.85. The smallest absolute Gasteiger partial charge is 0.230 e. The highest BCUT2D eigenvalue weighted by Gasteiger charge is 2.19. The standard InChI is InChI=1S/C22H25ClN4O2S/c1-4-27-21(16(3)29-19-11-5-15(2)6-12-19)25-26-22(27)30-14-20(28)24-13-17-7-9-18(23)10-8-17/h5-12,16H,4,13-14H2,1-3H3,(H,24,28). The van der Waals surface area contributed by atoms with Crippen molar-refractivity contribution in [2.24, 2.45) is 0 Å². The Morgan fingerprint density at radius 1 is 1.17 bits per heavy atom. The Morgan fingerprint density at radius 3 is 2.53 bits per heavy atom. The summed E-state index contributed by atoms with van der Waals surface area (Å²) in [5.41, 5.74) is 2.18. The molecule has 0 aliphatic rings. The summed E-state index contributed by atoms with van der Waals surface area (Å²) in [4.78, 5) is 12.2. The minimum absolute atomic E-state index is 0.0638. The number of nitrogens with one attached hydrogen (secondary N) is 1. The van der Waals surface area contributed by atoms with E-state index in [0.29, 0.717) is 23.3 Å². The number of aromatic nitrogens is 3. The second-order valence-corrected chi connectivity index (χ2v) is 8.23. The summed E-state index contributed by atoms with van der Waals surface area (Å²) in [5, 5.41) is 12.9. The molecule has 1 atom stereocenters. The zero-order valence-corrected chi connectivity index (χ0v) is 18.8. The molecule has 1 aromatic heterocycles. The Labute approximate surface area is 186 Å². The Bertz CT molecular complexity index is 974. The van der Waals surface area contributed by atoms with E-state index in [9.17, 15) is 4.79 Å². The van der Waals surface area contributed by atoms with E-state index in [1.54, 1.807) is 0 Å². The molecule has 1 amide bonds. The Morgan fingerprint density at radius 2 is 1.87 bits per heavy atom. The Kier molecular flexibility index (Phi) is 7.76. The summed E-state index contributed by atoms with van der Waals surface area (Å²) in [6, 6.07) is 15.3. The molecule has 0 saturated carbocycles. The third-order valence-electron chi connectivity index (χ3n) is 4.49. The van der Waals surface area contributed by atoms with Gasteiger partial charge >= 0.3 is 0 Å². The van der Waals surface area contributed by atoms with Gasteiger partial charge < -0.3 is 14.6 Å². The molecule has 1 heterocycles. The lowest BCUT2D eigenvalue weighted by molar-refractivity contribution is -0.118. The van der Waals surface area contributed by atoms with Crippen LogP contribution in [0.3, 0.4) is 0 Å². The van der Waals surface area contributed by atoms with Gasteiger partial charge in [0.15, 0.2) is 17.1 Å². The van der Waals surface area contributed by atoms with Crippen LogP contribution in [0, 0.1) is 6.92 Å². The molecule has 0 radical (unpaired) electrons. The number of aryl methyl sites for hydroxylation is 1. The van der Waals surface area contributed by atoms with Gasteiger partial charge in [-0.3, -0.25) is 4.79 Å². The van der Waals surface area contributed by atoms with Gasteiger partial charge in [0.05, 0.1) is 5.75 Å². The predicted octanol–water partition coefficient (Wildman–Crippen LogP) is 4.81. The lowest BCUT2D eigenvalue weighted by atomic mass is 10.2. The van der Waals surface area contributed by atoms with Crippen LogP contribution in [0.1, 0.15) is 36.9 Å². The number of nitrogens with zero attached hydrogens (tertiary/aromatic N) is 3. The first-order chi connectivity index (χ1) is 14.5. The molecule has 30 heavy (non-hydrogen) atoms. The van der Waals surface area contributed by atoms with Crippen LogP contribution < -0.4 is 10.1 Å². The third kappa shape index (κ3) is 6.00. The molecular formula is C22H25ClN4O2S. The number of ether oxygens (including phenoxy) is 1. The zero-order valence-electron chi connectivity index (χ0n) is 17.3. The average Bonchev–Trinajstić information content (AvgIpc) is 3.16. The average molecular weight is 445 g/mol. The Hall–Kier alpha value is -2.51. The van der Waals surface area contributed by atoms with Crippen molar-refractivity contribution in [3.8, 4) is 5.75 Å². The van der Waals surface area contributed by atoms with Crippen LogP contribution in [0.2, 0.25) is 5.02 Å². The summed E-state index contributed by atoms with van der Waals surface area (Å²) in [5.74, 6) is 1.72. The fourth-order valence-corrected chi connectivity index (χ4v) is 3.83. The fraction of sp³-hybridized carbons (Fsp3) is 0.318. The highest BCUT2D eigenvalue weighted by Crippen LogP contribution is 2.24. The maximum atomic E-state index is 12.2. The highest BCUT2D eigenvalue weighted by atomic mass is 35.5. The molecule has 0 bridgehead atoms. The quantitative estimate of drug-likeness (QED) is 0.480. The van der Waals surface area contributed by atoms with E-state index in [1.165, 1.54) is 17.3 Å². The minimum Gasteiger partial charge on any atom is -0.483 e. The number of carbonyl (C=O) groups is 1. The number of thioether (sulfide) groups is 1. The lowest BCUT2D eigenvalue weighted by Crippen LogP contribution is -2.24. The summed E-state index contributed by atoms with van der Waals surface area (Å²) in [7, 11) is 0. The van der Waals surface area contributed by atoms with Crippen molar-refractivity contribution in [1.82, 2.24) is 20.1 Å². The maximum absolute atomic E-state index is 12.2. The molecule has 3 rings (SSSR count). The van der Waals surface area contributed by atoms with Gasteiger partial charge in [-0.2, -0.15) is 0 Å². The lowest BCUT2D eigenvalue weighted by Gasteiger charge is -2.15. The van der Waals surface area contributed by atoms with Gasteiger partial charge in [0, 0.05) is 18.1 Å². The second kappa shape index (κ2) is 10.5. The van der Waals surface area contributed by atoms with Crippen molar-refractivity contribution in [3.63, 3.8) is 0 Å². The van der Waals surface area contributed by atoms with Crippen molar-refractivity contribution in [1.29, 1.82) is 0 Å². The molecule has 8 heteroatoms. The van der Waals surface area contributed by atoms with E-state index in [4.69, 9.17) is 16.3 Å². The first-order valence-electron chi connectivity index (χ1n) is 9.76. The molecule has 158 valence electrons. The van der Waals surface area contributed by atoms with Crippen molar-refractivity contribution < 1.29 is 9.53 Å². The van der Waals surface area contributed by atoms with Crippen molar-refractivity contribution in [2.75, 3.05) is 5.75 Å². The van der Waals surface area contributed by atoms with Crippen LogP contribution in [0.5, 0.6) is 5.75 Å². The molecule has 1 N–H and O–H groups in total. The normalized spacial score (nSPS) is 11.9. The maximum Gasteiger partial charge on any atom is 0.230 e. The first kappa shape index (κ1) is 22.2. The molecule has 6 nitrogen and oxygen atoms in total. The molecule has 0 spiro atoms. The molecule has 2 aromatic carbocycles. The van der Waals surface area contributed by atoms with Gasteiger partial charge in [0.25, 0.3) is 0 Å². The van der Waals surface area contributed by atoms with Crippen LogP contribution in [0.15, 0.2) is 53.7 Å². The van der Waals surface area contributed by atoms with Gasteiger partial charge in [-0.15, -0.1) is 10.2 Å². The van der Waals surface area contributed by atoms with E-state index in [1.807, 2.05) is 73.9 Å². The third-order valence-corrected chi connectivity index (χ3v) is 5.71. The molecule has 0 saturated heterocycles. The monoisotopic (exact) mass is 444 g/mol. The first-order valence-corrected chi connectivity index (χ1v) is 11.1. The molecule has 0 fully saturated rings. The minimum atomic E-state index is -0.256. The van der Waals surface area contributed by atoms with Crippen molar-refractivity contribution in [3.05, 3.63) is 70.5 Å². The predicted molar refractivity (Wildman–Crippen MR) is 120 cm³/mol. The number of hydrogen-bond acceptors (Lipinski definition) is 5. The van der Waals surface area contributed by atoms with E-state index < -0.39 is 0 Å². The molecular weight excluding hydrogens is 420 g/mol. The van der Waals surface area contributed by atoms with Gasteiger partial charge in [-0.25, -0.2) is 0 Å². The van der Waals surface area contributed by atoms with E-state index in [2.05, 4.69) is 15.5 Å². The van der Waals surface area contributed by atoms with Crippen molar-refractivity contribution in [2.45, 2.75) is 45.1 Å². The van der Waals surface area contributed by atoms with Crippen LogP contribution in [-0.2, 0) is 17.9 Å². The number of halogens is 1. The largest absolute Gasteiger partial charge is 0.483 e. The number of carbonyl (C=O) groups excluding carboxylic acids is 1. The van der Waals surface area contributed by atoms with Gasteiger partial charge in [0.1, 0.15) is 5.75 Å². The van der Waals surface area contributed by atoms with Crippen LogP contribution in [0.4, 0.5) is 0 Å². The summed E-state index contributed by atoms with van der Waals surface area (Å²) in [6.07, 6.45) is -0.256. The van der Waals surface area contributed by atoms with E-state index in [0.717, 1.165) is 17.1 Å². The summed E-state index contributed by atoms with van der Waals surface area (Å²) < 4.78 is 7.99. The molecule has 3 aromatic rings. The summed E-state index contributed by atoms with van der Waals surface area (Å²) in [6.45, 7) is 7.16. The van der Waals surface area contributed by atoms with E-state index >= 15 is 0 Å². The van der Waals surface area contributed by atoms with Crippen LogP contribution >= 0.6 is 23.4 Å². The zero-order chi connectivity index (χ0) is 21.5. The number of hydrogen-bond donors (Lipinski definition) is 1. The molecule has 0 aliphatic carbocycles. The summed E-state index contributed by atoms with van der Waals surface area (Å²) >= 11 is 7.25. The van der Waals surface area contributed by atoms with Crippen LogP contribution in [0.25, 0.3) is 0 Å². The topological polar surface area (TPSA) is 69.0 Å². The number of amides is 1.